The zero-order valence-electron chi connectivity index (χ0n) is 9.27. The van der Waals surface area contributed by atoms with Crippen LogP contribution in [-0.4, -0.2) is 0 Å². The van der Waals surface area contributed by atoms with Gasteiger partial charge in [-0.3, -0.25) is 0 Å². The molecule has 0 heterocycles. The number of hydrogen-bond acceptors (Lipinski definition) is 0. The molecule has 1 aliphatic carbocycles. The van der Waals surface area contributed by atoms with Crippen molar-refractivity contribution in [1.29, 1.82) is 0 Å². The molecule has 1 aromatic carbocycles. The maximum Gasteiger partial charge on any atom is 0.137 e. The average Bonchev–Trinajstić information content (AvgIpc) is 2.70. The Kier molecular flexibility index (Phi) is 3.60. The molecule has 88 valence electrons. The van der Waals surface area contributed by atoms with Gasteiger partial charge in [0, 0.05) is 0 Å². The first-order chi connectivity index (χ1) is 7.53. The van der Waals surface area contributed by atoms with Crippen LogP contribution < -0.4 is 0 Å². The second kappa shape index (κ2) is 4.66. The molecule has 0 bridgehead atoms. The lowest BCUT2D eigenvalue weighted by Crippen LogP contribution is -2.18. The van der Waals surface area contributed by atoms with Crippen molar-refractivity contribution in [2.24, 2.45) is 5.41 Å². The van der Waals surface area contributed by atoms with E-state index < -0.39 is 0 Å². The third-order valence-electron chi connectivity index (χ3n) is 3.59. The van der Waals surface area contributed by atoms with Crippen LogP contribution in [0, 0.1) is 11.2 Å². The lowest BCUT2D eigenvalue weighted by molar-refractivity contribution is 0.321. The van der Waals surface area contributed by atoms with E-state index in [2.05, 4.69) is 22.9 Å². The van der Waals surface area contributed by atoms with Gasteiger partial charge in [-0.1, -0.05) is 25.8 Å². The van der Waals surface area contributed by atoms with Gasteiger partial charge < -0.3 is 0 Å². The molecule has 0 radical (unpaired) electrons. The minimum atomic E-state index is -0.232. The van der Waals surface area contributed by atoms with E-state index in [1.54, 1.807) is 12.1 Å². The Bertz CT molecular complexity index is 386. The molecule has 1 fully saturated rings. The van der Waals surface area contributed by atoms with Crippen molar-refractivity contribution in [1.82, 2.24) is 0 Å². The molecule has 0 nitrogen and oxygen atoms in total. The van der Waals surface area contributed by atoms with Gasteiger partial charge in [0.05, 0.1) is 9.85 Å². The summed E-state index contributed by atoms with van der Waals surface area (Å²) >= 11 is 9.74. The van der Waals surface area contributed by atoms with Crippen LogP contribution in [0.1, 0.15) is 43.5 Å². The van der Waals surface area contributed by atoms with Gasteiger partial charge in [0.25, 0.3) is 0 Å². The molecule has 1 atom stereocenters. The van der Waals surface area contributed by atoms with Gasteiger partial charge in [0.2, 0.25) is 0 Å². The summed E-state index contributed by atoms with van der Waals surface area (Å²) in [5.74, 6) is -0.232. The maximum absolute atomic E-state index is 13.1. The molecule has 2 rings (SSSR count). The summed E-state index contributed by atoms with van der Waals surface area (Å²) in [5.41, 5.74) is 1.18. The quantitative estimate of drug-likeness (QED) is 0.637. The molecule has 0 aromatic heterocycles. The summed E-state index contributed by atoms with van der Waals surface area (Å²) in [6, 6.07) is 5.07. The van der Waals surface area contributed by atoms with Gasteiger partial charge in [-0.05, 0) is 51.9 Å². The summed E-state index contributed by atoms with van der Waals surface area (Å²) in [6.07, 6.45) is 4.83. The molecular weight excluding hydrogens is 290 g/mol. The molecule has 0 saturated heterocycles. The maximum atomic E-state index is 13.1. The summed E-state index contributed by atoms with van der Waals surface area (Å²) in [7, 11) is 0. The minimum Gasteiger partial charge on any atom is -0.206 e. The van der Waals surface area contributed by atoms with Crippen LogP contribution in [0.4, 0.5) is 4.39 Å². The molecule has 1 unspecified atom stereocenters. The third-order valence-corrected chi connectivity index (χ3v) is 4.98. The summed E-state index contributed by atoms with van der Waals surface area (Å²) < 4.78 is 13.6. The number of rotatable bonds is 2. The van der Waals surface area contributed by atoms with Gasteiger partial charge in [-0.2, -0.15) is 0 Å². The Morgan fingerprint density at radius 1 is 1.38 bits per heavy atom. The highest BCUT2D eigenvalue weighted by Crippen LogP contribution is 2.50. The van der Waals surface area contributed by atoms with E-state index in [0.29, 0.717) is 4.47 Å². The fraction of sp³-hybridized carbons (Fsp3) is 0.538. The van der Waals surface area contributed by atoms with E-state index in [1.165, 1.54) is 18.9 Å². The lowest BCUT2D eigenvalue weighted by atomic mass is 9.81. The standard InChI is InChI=1S/C13H15BrClF/c1-13(6-2-3-7-13)12(15)9-4-5-11(16)10(14)8-9/h4-5,8,12H,2-3,6-7H2,1H3. The summed E-state index contributed by atoms with van der Waals surface area (Å²) in [5, 5.41) is -0.0214. The van der Waals surface area contributed by atoms with Gasteiger partial charge in [-0.25, -0.2) is 4.39 Å². The van der Waals surface area contributed by atoms with Crippen LogP contribution in [0.3, 0.4) is 0 Å². The highest BCUT2D eigenvalue weighted by molar-refractivity contribution is 9.10. The summed E-state index contributed by atoms with van der Waals surface area (Å²) in [6.45, 7) is 2.23. The van der Waals surface area contributed by atoms with Crippen molar-refractivity contribution in [2.75, 3.05) is 0 Å². The zero-order chi connectivity index (χ0) is 11.8. The van der Waals surface area contributed by atoms with Crippen molar-refractivity contribution in [3.63, 3.8) is 0 Å². The largest absolute Gasteiger partial charge is 0.206 e. The van der Waals surface area contributed by atoms with E-state index >= 15 is 0 Å². The van der Waals surface area contributed by atoms with Crippen molar-refractivity contribution in [2.45, 2.75) is 38.0 Å². The van der Waals surface area contributed by atoms with Crippen LogP contribution >= 0.6 is 27.5 Å². The number of hydrogen-bond donors (Lipinski definition) is 0. The first-order valence-corrected chi connectivity index (χ1v) is 6.85. The molecule has 0 spiro atoms. The monoisotopic (exact) mass is 304 g/mol. The Labute approximate surface area is 109 Å². The van der Waals surface area contributed by atoms with Crippen LogP contribution in [0.5, 0.6) is 0 Å². The minimum absolute atomic E-state index is 0.0214. The Morgan fingerprint density at radius 2 is 2.00 bits per heavy atom. The second-order valence-electron chi connectivity index (χ2n) is 4.90. The van der Waals surface area contributed by atoms with Gasteiger partial charge in [-0.15, -0.1) is 11.6 Å². The van der Waals surface area contributed by atoms with E-state index in [4.69, 9.17) is 11.6 Å². The second-order valence-corrected chi connectivity index (χ2v) is 6.19. The molecule has 1 saturated carbocycles. The predicted octanol–water partition coefficient (Wildman–Crippen LogP) is 5.45. The predicted molar refractivity (Wildman–Crippen MR) is 69.3 cm³/mol. The third kappa shape index (κ3) is 2.28. The van der Waals surface area contributed by atoms with Gasteiger partial charge in [0.1, 0.15) is 5.82 Å². The van der Waals surface area contributed by atoms with E-state index in [1.807, 2.05) is 0 Å². The molecule has 1 aromatic rings. The molecule has 0 N–H and O–H groups in total. The first kappa shape index (κ1) is 12.4. The summed E-state index contributed by atoms with van der Waals surface area (Å²) in [4.78, 5) is 0. The first-order valence-electron chi connectivity index (χ1n) is 5.62. The van der Waals surface area contributed by atoms with E-state index in [0.717, 1.165) is 18.4 Å². The lowest BCUT2D eigenvalue weighted by Gasteiger charge is -2.29. The number of alkyl halides is 1. The topological polar surface area (TPSA) is 0 Å². The SMILES string of the molecule is CC1(C(Cl)c2ccc(F)c(Br)c2)CCCC1. The Balaban J connectivity index is 2.26. The normalized spacial score (nSPS) is 21.0. The van der Waals surface area contributed by atoms with Crippen LogP contribution in [-0.2, 0) is 0 Å². The highest BCUT2D eigenvalue weighted by atomic mass is 79.9. The van der Waals surface area contributed by atoms with E-state index in [-0.39, 0.29) is 16.6 Å². The Hall–Kier alpha value is -0.0800. The van der Waals surface area contributed by atoms with Crippen molar-refractivity contribution in [3.8, 4) is 0 Å². The average molecular weight is 306 g/mol. The highest BCUT2D eigenvalue weighted by Gasteiger charge is 2.36. The zero-order valence-corrected chi connectivity index (χ0v) is 11.6. The van der Waals surface area contributed by atoms with E-state index in [9.17, 15) is 4.39 Å². The Morgan fingerprint density at radius 3 is 2.56 bits per heavy atom. The van der Waals surface area contributed by atoms with Crippen molar-refractivity contribution < 1.29 is 4.39 Å². The molecular formula is C13H15BrClF. The van der Waals surface area contributed by atoms with Crippen molar-refractivity contribution in [3.05, 3.63) is 34.1 Å². The van der Waals surface area contributed by atoms with Gasteiger partial charge in [0.15, 0.2) is 0 Å². The molecule has 16 heavy (non-hydrogen) atoms. The van der Waals surface area contributed by atoms with Crippen LogP contribution in [0.2, 0.25) is 0 Å². The van der Waals surface area contributed by atoms with Crippen LogP contribution in [0.25, 0.3) is 0 Å². The molecule has 1 aliphatic rings. The number of halogens is 3. The molecule has 0 aliphatic heterocycles. The fourth-order valence-corrected chi connectivity index (χ4v) is 3.26. The van der Waals surface area contributed by atoms with Crippen LogP contribution in [0.15, 0.2) is 22.7 Å². The van der Waals surface area contributed by atoms with Crippen molar-refractivity contribution >= 4 is 27.5 Å². The fourth-order valence-electron chi connectivity index (χ4n) is 2.51. The number of benzene rings is 1. The molecule has 0 amide bonds. The smallest absolute Gasteiger partial charge is 0.137 e. The van der Waals surface area contributed by atoms with Gasteiger partial charge >= 0.3 is 0 Å². The molecule has 3 heteroatoms.